The number of halogens is 2. The summed E-state index contributed by atoms with van der Waals surface area (Å²) in [5.74, 6) is 0.729. The molecule has 128 valence electrons. The Morgan fingerprint density at radius 3 is 2.76 bits per heavy atom. The highest BCUT2D eigenvalue weighted by Crippen LogP contribution is 2.41. The Hall–Kier alpha value is -1.80. The van der Waals surface area contributed by atoms with E-state index in [4.69, 9.17) is 27.9 Å². The average Bonchev–Trinajstić information content (AvgIpc) is 2.99. The molecule has 3 aromatic rings. The van der Waals surface area contributed by atoms with Crippen LogP contribution in [-0.4, -0.2) is 13.4 Å². The van der Waals surface area contributed by atoms with E-state index in [1.807, 2.05) is 24.3 Å². The van der Waals surface area contributed by atoms with Crippen molar-refractivity contribution in [2.45, 2.75) is 11.5 Å². The van der Waals surface area contributed by atoms with Crippen LogP contribution >= 0.6 is 34.5 Å². The number of ether oxygens (including phenoxy) is 1. The second-order valence-corrected chi connectivity index (χ2v) is 8.75. The fraction of sp³-hybridized carbons (Fsp3) is 0.0625. The quantitative estimate of drug-likeness (QED) is 0.669. The van der Waals surface area contributed by atoms with Gasteiger partial charge < -0.3 is 4.74 Å². The monoisotopic (exact) mass is 412 g/mol. The van der Waals surface area contributed by atoms with E-state index < -0.39 is 10.0 Å². The molecule has 0 fully saturated rings. The van der Waals surface area contributed by atoms with E-state index in [0.29, 0.717) is 6.61 Å². The van der Waals surface area contributed by atoms with E-state index in [2.05, 4.69) is 9.71 Å². The number of thiazole rings is 1. The van der Waals surface area contributed by atoms with Gasteiger partial charge in [0.25, 0.3) is 10.0 Å². The maximum absolute atomic E-state index is 12.6. The minimum atomic E-state index is -3.90. The van der Waals surface area contributed by atoms with Gasteiger partial charge in [-0.05, 0) is 24.3 Å². The Morgan fingerprint density at radius 1 is 1.12 bits per heavy atom. The molecule has 5 nitrogen and oxygen atoms in total. The molecule has 0 atom stereocenters. The molecule has 2 aromatic carbocycles. The molecule has 1 N–H and O–H groups in total. The van der Waals surface area contributed by atoms with Crippen LogP contribution in [0.3, 0.4) is 0 Å². The summed E-state index contributed by atoms with van der Waals surface area (Å²) in [7, 11) is -3.90. The first-order valence-electron chi connectivity index (χ1n) is 7.14. The number of benzene rings is 2. The van der Waals surface area contributed by atoms with Crippen LogP contribution in [-0.2, 0) is 16.6 Å². The van der Waals surface area contributed by atoms with Gasteiger partial charge in [0.2, 0.25) is 0 Å². The molecule has 1 aliphatic heterocycles. The zero-order valence-corrected chi connectivity index (χ0v) is 15.6. The van der Waals surface area contributed by atoms with Crippen LogP contribution in [0.5, 0.6) is 5.75 Å². The zero-order valence-electron chi connectivity index (χ0n) is 12.5. The Bertz CT molecular complexity index is 1080. The van der Waals surface area contributed by atoms with Crippen molar-refractivity contribution < 1.29 is 13.2 Å². The maximum atomic E-state index is 12.6. The Balaban J connectivity index is 1.71. The lowest BCUT2D eigenvalue weighted by Crippen LogP contribution is -2.13. The number of fused-ring (bicyclic) bond motifs is 3. The number of hydrogen-bond donors (Lipinski definition) is 1. The van der Waals surface area contributed by atoms with E-state index in [-0.39, 0.29) is 20.1 Å². The summed E-state index contributed by atoms with van der Waals surface area (Å²) in [4.78, 5) is 5.19. The van der Waals surface area contributed by atoms with Crippen LogP contribution in [0.25, 0.3) is 11.3 Å². The molecule has 0 amide bonds. The summed E-state index contributed by atoms with van der Waals surface area (Å²) in [6, 6.07) is 11.9. The number of sulfonamides is 1. The first-order valence-corrected chi connectivity index (χ1v) is 10.2. The van der Waals surface area contributed by atoms with Gasteiger partial charge in [0.05, 0.1) is 20.6 Å². The minimum Gasteiger partial charge on any atom is -0.487 e. The van der Waals surface area contributed by atoms with Crippen molar-refractivity contribution in [1.82, 2.24) is 4.98 Å². The average molecular weight is 413 g/mol. The molecular weight excluding hydrogens is 403 g/mol. The highest BCUT2D eigenvalue weighted by Gasteiger charge is 2.25. The number of para-hydroxylation sites is 1. The zero-order chi connectivity index (χ0) is 17.6. The fourth-order valence-electron chi connectivity index (χ4n) is 2.50. The first-order chi connectivity index (χ1) is 12.0. The lowest BCUT2D eigenvalue weighted by molar-refractivity contribution is 0.305. The van der Waals surface area contributed by atoms with Gasteiger partial charge in [-0.15, -0.1) is 0 Å². The van der Waals surface area contributed by atoms with Crippen molar-refractivity contribution in [3.63, 3.8) is 0 Å². The summed E-state index contributed by atoms with van der Waals surface area (Å²) in [5.41, 5.74) is 1.56. The second-order valence-electron chi connectivity index (χ2n) is 5.23. The van der Waals surface area contributed by atoms with Gasteiger partial charge in [0.15, 0.2) is 5.13 Å². The molecule has 0 spiro atoms. The molecule has 0 bridgehead atoms. The molecule has 1 aromatic heterocycles. The molecule has 0 saturated heterocycles. The predicted molar refractivity (Wildman–Crippen MR) is 99.2 cm³/mol. The lowest BCUT2D eigenvalue weighted by atomic mass is 10.1. The molecule has 4 rings (SSSR count). The van der Waals surface area contributed by atoms with E-state index in [9.17, 15) is 8.42 Å². The Morgan fingerprint density at radius 2 is 1.92 bits per heavy atom. The van der Waals surface area contributed by atoms with E-state index in [0.717, 1.165) is 21.9 Å². The van der Waals surface area contributed by atoms with Crippen LogP contribution in [0.1, 0.15) is 4.88 Å². The van der Waals surface area contributed by atoms with Crippen molar-refractivity contribution in [2.24, 2.45) is 0 Å². The molecule has 0 radical (unpaired) electrons. The number of aromatic nitrogens is 1. The maximum Gasteiger partial charge on any atom is 0.265 e. The normalized spacial score (nSPS) is 12.9. The molecular formula is C16H10Cl2N2O3S2. The topological polar surface area (TPSA) is 68.3 Å². The molecule has 25 heavy (non-hydrogen) atoms. The van der Waals surface area contributed by atoms with E-state index in [1.165, 1.54) is 29.5 Å². The van der Waals surface area contributed by atoms with Gasteiger partial charge in [-0.3, -0.25) is 4.72 Å². The molecule has 2 heterocycles. The lowest BCUT2D eigenvalue weighted by Gasteiger charge is -2.15. The number of anilines is 1. The molecule has 0 aliphatic carbocycles. The Kier molecular flexibility index (Phi) is 4.11. The molecule has 0 unspecified atom stereocenters. The second kappa shape index (κ2) is 6.17. The Labute approximate surface area is 158 Å². The summed E-state index contributed by atoms with van der Waals surface area (Å²) in [6.45, 7) is 0.351. The summed E-state index contributed by atoms with van der Waals surface area (Å²) in [6.07, 6.45) is 0. The van der Waals surface area contributed by atoms with Gasteiger partial charge >= 0.3 is 0 Å². The van der Waals surface area contributed by atoms with Crippen LogP contribution in [0.2, 0.25) is 10.0 Å². The van der Waals surface area contributed by atoms with Gasteiger partial charge in [-0.25, -0.2) is 13.4 Å². The first kappa shape index (κ1) is 16.7. The highest BCUT2D eigenvalue weighted by molar-refractivity contribution is 7.93. The molecule has 0 saturated carbocycles. The number of rotatable bonds is 3. The largest absolute Gasteiger partial charge is 0.487 e. The fourth-order valence-corrected chi connectivity index (χ4v) is 5.38. The summed E-state index contributed by atoms with van der Waals surface area (Å²) < 4.78 is 33.4. The number of nitrogens with one attached hydrogen (secondary N) is 1. The highest BCUT2D eigenvalue weighted by atomic mass is 35.5. The molecule has 9 heteroatoms. The van der Waals surface area contributed by atoms with E-state index in [1.54, 1.807) is 0 Å². The summed E-state index contributed by atoms with van der Waals surface area (Å²) in [5, 5.41) is 0.401. The van der Waals surface area contributed by atoms with Gasteiger partial charge in [-0.1, -0.05) is 52.7 Å². The summed E-state index contributed by atoms with van der Waals surface area (Å²) >= 11 is 13.2. The third kappa shape index (κ3) is 2.97. The SMILES string of the molecule is O=S(=O)(Nc1nc2c(s1)COc1ccccc1-2)c1cccc(Cl)c1Cl. The predicted octanol–water partition coefficient (Wildman–Crippen LogP) is 4.81. The van der Waals surface area contributed by atoms with Crippen LogP contribution in [0, 0.1) is 0 Å². The van der Waals surface area contributed by atoms with Crippen molar-refractivity contribution >= 4 is 49.7 Å². The van der Waals surface area contributed by atoms with Gasteiger partial charge in [0.1, 0.15) is 17.3 Å². The van der Waals surface area contributed by atoms with Crippen molar-refractivity contribution in [1.29, 1.82) is 0 Å². The molecule has 1 aliphatic rings. The number of hydrogen-bond acceptors (Lipinski definition) is 5. The third-order valence-corrected chi connectivity index (χ3v) is 7.01. The van der Waals surface area contributed by atoms with Gasteiger partial charge in [-0.2, -0.15) is 0 Å². The van der Waals surface area contributed by atoms with Gasteiger partial charge in [0, 0.05) is 5.56 Å². The van der Waals surface area contributed by atoms with Crippen molar-refractivity contribution in [3.8, 4) is 17.0 Å². The third-order valence-electron chi connectivity index (χ3n) is 3.63. The minimum absolute atomic E-state index is 0.0216. The smallest absolute Gasteiger partial charge is 0.265 e. The van der Waals surface area contributed by atoms with Crippen LogP contribution < -0.4 is 9.46 Å². The standard InChI is InChI=1S/C16H10Cl2N2O3S2/c17-10-5-3-7-13(14(10)18)25(21,22)20-16-19-15-9-4-1-2-6-11(9)23-8-12(15)24-16/h1-7H,8H2,(H,19,20). The van der Waals surface area contributed by atoms with E-state index >= 15 is 0 Å². The van der Waals surface area contributed by atoms with Crippen molar-refractivity contribution in [3.05, 3.63) is 57.4 Å². The van der Waals surface area contributed by atoms with Crippen molar-refractivity contribution in [2.75, 3.05) is 4.72 Å². The van der Waals surface area contributed by atoms with Crippen LogP contribution in [0.4, 0.5) is 5.13 Å². The number of nitrogens with zero attached hydrogens (tertiary/aromatic N) is 1. The van der Waals surface area contributed by atoms with Crippen LogP contribution in [0.15, 0.2) is 47.4 Å².